The molecule has 0 amide bonds. The monoisotopic (exact) mass is 489 g/mol. The number of hydrogen-bond donors (Lipinski definition) is 0. The summed E-state index contributed by atoms with van der Waals surface area (Å²) in [4.78, 5) is 22.9. The van der Waals surface area contributed by atoms with Crippen LogP contribution in [0.5, 0.6) is 0 Å². The third-order valence-electron chi connectivity index (χ3n) is 7.05. The number of benzene rings is 2. The normalized spacial score (nSPS) is 19.3. The Morgan fingerprint density at radius 3 is 2.63 bits per heavy atom. The van der Waals surface area contributed by atoms with Crippen molar-refractivity contribution in [3.8, 4) is 11.3 Å². The second kappa shape index (κ2) is 9.47. The highest BCUT2D eigenvalue weighted by Crippen LogP contribution is 2.46. The number of carbonyl (C=O) groups excluding carboxylic acids is 1. The van der Waals surface area contributed by atoms with Gasteiger partial charge in [-0.1, -0.05) is 61.6 Å². The van der Waals surface area contributed by atoms with Crippen LogP contribution >= 0.6 is 11.3 Å². The van der Waals surface area contributed by atoms with Gasteiger partial charge in [0.2, 0.25) is 0 Å². The minimum absolute atomic E-state index is 0.128. The quantitative estimate of drug-likeness (QED) is 0.457. The summed E-state index contributed by atoms with van der Waals surface area (Å²) in [6.07, 6.45) is 4.50. The molecule has 0 bridgehead atoms. The molecule has 1 atom stereocenters. The first kappa shape index (κ1) is 23.6. The second-order valence-corrected chi connectivity index (χ2v) is 10.5. The number of nitrogens with zero attached hydrogens (tertiary/aromatic N) is 3. The Hall–Kier alpha value is -3.16. The SMILES string of the molecule is COC(=O)c1ccc2c(c1)C(C)(C)C(/C=C/c1sc(N3CCOCC3)nc1-c1ccccc1)N2C. The lowest BCUT2D eigenvalue weighted by molar-refractivity contribution is 0.0600. The number of ether oxygens (including phenoxy) is 2. The molecular formula is C28H31N3O3S. The summed E-state index contributed by atoms with van der Waals surface area (Å²) in [5, 5.41) is 1.04. The molecule has 0 spiro atoms. The van der Waals surface area contributed by atoms with Gasteiger partial charge in [0.25, 0.3) is 0 Å². The Bertz CT molecular complexity index is 1250. The Morgan fingerprint density at radius 2 is 1.91 bits per heavy atom. The molecule has 5 rings (SSSR count). The van der Waals surface area contributed by atoms with Crippen LogP contribution in [0, 0.1) is 0 Å². The molecule has 1 unspecified atom stereocenters. The number of hydrogen-bond acceptors (Lipinski definition) is 7. The highest BCUT2D eigenvalue weighted by atomic mass is 32.1. The van der Waals surface area contributed by atoms with E-state index in [4.69, 9.17) is 14.5 Å². The average Bonchev–Trinajstić information content (AvgIpc) is 3.40. The van der Waals surface area contributed by atoms with Gasteiger partial charge in [0, 0.05) is 36.8 Å². The molecule has 1 fully saturated rings. The number of likely N-dealkylation sites (N-methyl/N-ethyl adjacent to an activating group) is 1. The lowest BCUT2D eigenvalue weighted by Gasteiger charge is -2.29. The number of esters is 1. The zero-order chi connectivity index (χ0) is 24.6. The Balaban J connectivity index is 1.50. The number of fused-ring (bicyclic) bond motifs is 1. The van der Waals surface area contributed by atoms with Crippen molar-refractivity contribution in [2.24, 2.45) is 0 Å². The van der Waals surface area contributed by atoms with Crippen LogP contribution in [0.3, 0.4) is 0 Å². The summed E-state index contributed by atoms with van der Waals surface area (Å²) in [6, 6.07) is 16.3. The molecular weight excluding hydrogens is 458 g/mol. The minimum atomic E-state index is -0.307. The lowest BCUT2D eigenvalue weighted by Crippen LogP contribution is -2.37. The zero-order valence-electron chi connectivity index (χ0n) is 20.7. The van der Waals surface area contributed by atoms with E-state index in [0.29, 0.717) is 5.56 Å². The summed E-state index contributed by atoms with van der Waals surface area (Å²) in [5.41, 5.74) is 4.82. The minimum Gasteiger partial charge on any atom is -0.465 e. The van der Waals surface area contributed by atoms with Gasteiger partial charge in [-0.2, -0.15) is 0 Å². The Labute approximate surface area is 210 Å². The van der Waals surface area contributed by atoms with E-state index < -0.39 is 0 Å². The third-order valence-corrected chi connectivity index (χ3v) is 8.13. The molecule has 3 heterocycles. The molecule has 0 radical (unpaired) electrons. The standard InChI is InChI=1S/C28H31N3O3S/c1-28(2)21-18-20(26(32)33-4)10-11-22(21)30(3)24(28)13-12-23-25(19-8-6-5-7-9-19)29-27(35-23)31-14-16-34-17-15-31/h5-13,18,24H,14-17H2,1-4H3/b13-12+. The van der Waals surface area contributed by atoms with E-state index in [1.54, 1.807) is 11.3 Å². The molecule has 2 aromatic carbocycles. The molecule has 0 saturated carbocycles. The van der Waals surface area contributed by atoms with Gasteiger partial charge in [0.15, 0.2) is 5.13 Å². The molecule has 2 aliphatic heterocycles. The molecule has 3 aromatic rings. The number of aromatic nitrogens is 1. The molecule has 1 saturated heterocycles. The Kier molecular flexibility index (Phi) is 6.38. The maximum atomic E-state index is 12.1. The fourth-order valence-corrected chi connectivity index (χ4v) is 6.12. The van der Waals surface area contributed by atoms with Gasteiger partial charge in [-0.25, -0.2) is 9.78 Å². The van der Waals surface area contributed by atoms with Crippen LogP contribution in [0.2, 0.25) is 0 Å². The van der Waals surface area contributed by atoms with Gasteiger partial charge in [-0.15, -0.1) is 0 Å². The summed E-state index contributed by atoms with van der Waals surface area (Å²) in [7, 11) is 3.53. The Morgan fingerprint density at radius 1 is 1.17 bits per heavy atom. The van der Waals surface area contributed by atoms with Gasteiger partial charge in [-0.3, -0.25) is 0 Å². The van der Waals surface area contributed by atoms with Crippen LogP contribution < -0.4 is 9.80 Å². The van der Waals surface area contributed by atoms with Crippen molar-refractivity contribution in [1.29, 1.82) is 0 Å². The predicted molar refractivity (Wildman–Crippen MR) is 143 cm³/mol. The molecule has 7 heteroatoms. The molecule has 6 nitrogen and oxygen atoms in total. The van der Waals surface area contributed by atoms with Crippen molar-refractivity contribution >= 4 is 34.2 Å². The maximum absolute atomic E-state index is 12.1. The summed E-state index contributed by atoms with van der Waals surface area (Å²) in [5.74, 6) is -0.307. The molecule has 35 heavy (non-hydrogen) atoms. The fraction of sp³-hybridized carbons (Fsp3) is 0.357. The number of methoxy groups -OCH3 is 1. The average molecular weight is 490 g/mol. The van der Waals surface area contributed by atoms with Crippen molar-refractivity contribution in [3.05, 3.63) is 70.6 Å². The topological polar surface area (TPSA) is 54.9 Å². The molecule has 1 aromatic heterocycles. The zero-order valence-corrected chi connectivity index (χ0v) is 21.5. The molecule has 182 valence electrons. The summed E-state index contributed by atoms with van der Waals surface area (Å²) < 4.78 is 10.5. The van der Waals surface area contributed by atoms with Crippen molar-refractivity contribution in [2.75, 3.05) is 50.3 Å². The maximum Gasteiger partial charge on any atom is 0.337 e. The van der Waals surface area contributed by atoms with E-state index in [1.807, 2.05) is 24.3 Å². The van der Waals surface area contributed by atoms with Crippen molar-refractivity contribution in [2.45, 2.75) is 25.3 Å². The van der Waals surface area contributed by atoms with Gasteiger partial charge >= 0.3 is 5.97 Å². The first-order valence-corrected chi connectivity index (χ1v) is 12.7. The molecule has 2 aliphatic rings. The highest BCUT2D eigenvalue weighted by molar-refractivity contribution is 7.16. The first-order chi connectivity index (χ1) is 16.9. The van der Waals surface area contributed by atoms with Crippen LogP contribution in [0.15, 0.2) is 54.6 Å². The largest absolute Gasteiger partial charge is 0.465 e. The van der Waals surface area contributed by atoms with Crippen molar-refractivity contribution < 1.29 is 14.3 Å². The van der Waals surface area contributed by atoms with Gasteiger partial charge in [0.05, 0.1) is 42.5 Å². The van der Waals surface area contributed by atoms with E-state index in [1.165, 1.54) is 7.11 Å². The molecule has 0 N–H and O–H groups in total. The first-order valence-electron chi connectivity index (χ1n) is 11.9. The van der Waals surface area contributed by atoms with Crippen LogP contribution in [-0.4, -0.2) is 57.5 Å². The molecule has 0 aliphatic carbocycles. The van der Waals surface area contributed by atoms with Gasteiger partial charge < -0.3 is 19.3 Å². The number of carbonyl (C=O) groups is 1. The predicted octanol–water partition coefficient (Wildman–Crippen LogP) is 5.24. The van der Waals surface area contributed by atoms with Crippen molar-refractivity contribution in [3.63, 3.8) is 0 Å². The fourth-order valence-electron chi connectivity index (χ4n) is 5.07. The van der Waals surface area contributed by atoms with Crippen LogP contribution in [0.1, 0.15) is 34.6 Å². The smallest absolute Gasteiger partial charge is 0.337 e. The van der Waals surface area contributed by atoms with Crippen LogP contribution in [-0.2, 0) is 14.9 Å². The second-order valence-electron chi connectivity index (χ2n) is 9.53. The van der Waals surface area contributed by atoms with Crippen LogP contribution in [0.4, 0.5) is 10.8 Å². The van der Waals surface area contributed by atoms with Crippen LogP contribution in [0.25, 0.3) is 17.3 Å². The lowest BCUT2D eigenvalue weighted by atomic mass is 9.80. The third kappa shape index (κ3) is 4.34. The summed E-state index contributed by atoms with van der Waals surface area (Å²) >= 11 is 1.73. The number of morpholine rings is 1. The van der Waals surface area contributed by atoms with E-state index in [-0.39, 0.29) is 17.4 Å². The van der Waals surface area contributed by atoms with E-state index in [9.17, 15) is 4.79 Å². The van der Waals surface area contributed by atoms with E-state index in [2.05, 4.69) is 67.1 Å². The highest BCUT2D eigenvalue weighted by Gasteiger charge is 2.42. The van der Waals surface area contributed by atoms with Crippen molar-refractivity contribution in [1.82, 2.24) is 4.98 Å². The number of rotatable bonds is 5. The van der Waals surface area contributed by atoms with Gasteiger partial charge in [-0.05, 0) is 29.8 Å². The van der Waals surface area contributed by atoms with Gasteiger partial charge in [0.1, 0.15) is 0 Å². The number of thiazole rings is 1. The van der Waals surface area contributed by atoms with E-state index >= 15 is 0 Å². The van der Waals surface area contributed by atoms with E-state index in [0.717, 1.165) is 58.8 Å². The number of anilines is 2. The summed E-state index contributed by atoms with van der Waals surface area (Å²) in [6.45, 7) is 7.66.